The van der Waals surface area contributed by atoms with Gasteiger partial charge in [-0.1, -0.05) is 12.1 Å². The third kappa shape index (κ3) is 4.37. The number of nitrogens with zero attached hydrogens (tertiary/aromatic N) is 1. The number of likely N-dealkylation sites (tertiary alicyclic amines) is 1. The Morgan fingerprint density at radius 1 is 1.32 bits per heavy atom. The van der Waals surface area contributed by atoms with Gasteiger partial charge in [-0.25, -0.2) is 5.43 Å². The van der Waals surface area contributed by atoms with Crippen LogP contribution in [0.25, 0.3) is 0 Å². The van der Waals surface area contributed by atoms with Crippen LogP contribution in [0.1, 0.15) is 24.8 Å². The standard InChI is InChI=1S/C14H19N3O2/c18-13-7-3-2-6-12(13)10-15-16-14(19)11-17-8-4-1-5-9-17/h2-3,6-7,10,18H,1,4-5,8-9,11H2,(H,16,19)/p+1. The lowest BCUT2D eigenvalue weighted by molar-refractivity contribution is -0.896. The second kappa shape index (κ2) is 6.89. The van der Waals surface area contributed by atoms with Crippen LogP contribution in [0.15, 0.2) is 29.4 Å². The van der Waals surface area contributed by atoms with E-state index in [-0.39, 0.29) is 11.7 Å². The van der Waals surface area contributed by atoms with Crippen molar-refractivity contribution in [3.05, 3.63) is 29.8 Å². The van der Waals surface area contributed by atoms with Crippen molar-refractivity contribution in [2.24, 2.45) is 5.10 Å². The number of para-hydroxylation sites is 1. The molecule has 19 heavy (non-hydrogen) atoms. The minimum atomic E-state index is -0.0800. The molecule has 1 aliphatic heterocycles. The predicted octanol–water partition coefficient (Wildman–Crippen LogP) is -0.0889. The summed E-state index contributed by atoms with van der Waals surface area (Å²) in [6.45, 7) is 2.60. The molecule has 3 N–H and O–H groups in total. The molecule has 0 atom stereocenters. The minimum absolute atomic E-state index is 0.0800. The van der Waals surface area contributed by atoms with E-state index in [0.29, 0.717) is 12.1 Å². The number of hydrazone groups is 1. The lowest BCUT2D eigenvalue weighted by Crippen LogP contribution is -3.13. The first kappa shape index (κ1) is 13.5. The molecular formula is C14H20N3O2+. The third-order valence-electron chi connectivity index (χ3n) is 3.30. The molecule has 0 spiro atoms. The average Bonchev–Trinajstić information content (AvgIpc) is 2.42. The summed E-state index contributed by atoms with van der Waals surface area (Å²) in [4.78, 5) is 13.0. The van der Waals surface area contributed by atoms with E-state index in [9.17, 15) is 9.90 Å². The molecule has 2 rings (SSSR count). The molecule has 1 fully saturated rings. The zero-order chi connectivity index (χ0) is 13.5. The molecule has 0 unspecified atom stereocenters. The van der Waals surface area contributed by atoms with Gasteiger partial charge in [0.1, 0.15) is 5.75 Å². The summed E-state index contributed by atoms with van der Waals surface area (Å²) in [7, 11) is 0. The van der Waals surface area contributed by atoms with Crippen LogP contribution in [0, 0.1) is 0 Å². The van der Waals surface area contributed by atoms with Gasteiger partial charge in [-0.05, 0) is 31.4 Å². The number of rotatable bonds is 4. The van der Waals surface area contributed by atoms with Crippen molar-refractivity contribution < 1.29 is 14.8 Å². The number of aromatic hydroxyl groups is 1. The average molecular weight is 262 g/mol. The van der Waals surface area contributed by atoms with Crippen molar-refractivity contribution in [1.82, 2.24) is 5.43 Å². The van der Waals surface area contributed by atoms with E-state index in [1.165, 1.54) is 30.4 Å². The topological polar surface area (TPSA) is 66.1 Å². The Morgan fingerprint density at radius 3 is 2.79 bits per heavy atom. The highest BCUT2D eigenvalue weighted by atomic mass is 16.3. The maximum atomic E-state index is 11.7. The summed E-state index contributed by atoms with van der Waals surface area (Å²) in [6, 6.07) is 6.87. The minimum Gasteiger partial charge on any atom is -0.507 e. The summed E-state index contributed by atoms with van der Waals surface area (Å²) < 4.78 is 0. The smallest absolute Gasteiger partial charge is 0.295 e. The van der Waals surface area contributed by atoms with Gasteiger partial charge in [0.25, 0.3) is 5.91 Å². The number of benzene rings is 1. The molecule has 0 saturated carbocycles. The van der Waals surface area contributed by atoms with E-state index < -0.39 is 0 Å². The Labute approximate surface area is 112 Å². The lowest BCUT2D eigenvalue weighted by atomic mass is 10.1. The molecule has 0 aromatic heterocycles. The Morgan fingerprint density at radius 2 is 2.05 bits per heavy atom. The SMILES string of the molecule is O=C(C[NH+]1CCCCC1)NN=Cc1ccccc1O. The monoisotopic (exact) mass is 262 g/mol. The first-order valence-electron chi connectivity index (χ1n) is 6.69. The van der Waals surface area contributed by atoms with Gasteiger partial charge in [-0.3, -0.25) is 4.79 Å². The van der Waals surface area contributed by atoms with Gasteiger partial charge in [-0.15, -0.1) is 0 Å². The number of phenolic OH excluding ortho intramolecular Hbond substituents is 1. The van der Waals surface area contributed by atoms with Crippen LogP contribution in [-0.4, -0.2) is 36.9 Å². The van der Waals surface area contributed by atoms with Gasteiger partial charge in [0, 0.05) is 5.56 Å². The first-order chi connectivity index (χ1) is 9.25. The summed E-state index contributed by atoms with van der Waals surface area (Å²) in [6.07, 6.45) is 5.13. The number of carbonyl (C=O) groups excluding carboxylic acids is 1. The van der Waals surface area contributed by atoms with Crippen LogP contribution < -0.4 is 10.3 Å². The Kier molecular flexibility index (Phi) is 4.92. The maximum absolute atomic E-state index is 11.7. The number of hydrogen-bond acceptors (Lipinski definition) is 3. The first-order valence-corrected chi connectivity index (χ1v) is 6.69. The number of phenols is 1. The van der Waals surface area contributed by atoms with Crippen molar-refractivity contribution in [3.63, 3.8) is 0 Å². The van der Waals surface area contributed by atoms with Crippen molar-refractivity contribution >= 4 is 12.1 Å². The van der Waals surface area contributed by atoms with Gasteiger partial charge in [0.05, 0.1) is 19.3 Å². The highest BCUT2D eigenvalue weighted by Crippen LogP contribution is 2.12. The zero-order valence-corrected chi connectivity index (χ0v) is 10.9. The fraction of sp³-hybridized carbons (Fsp3) is 0.429. The molecular weight excluding hydrogens is 242 g/mol. The normalized spacial score (nSPS) is 16.6. The lowest BCUT2D eigenvalue weighted by Gasteiger charge is -2.22. The van der Waals surface area contributed by atoms with Crippen molar-refractivity contribution in [3.8, 4) is 5.75 Å². The Hall–Kier alpha value is -1.88. The molecule has 102 valence electrons. The van der Waals surface area contributed by atoms with E-state index in [0.717, 1.165) is 13.1 Å². The summed E-state index contributed by atoms with van der Waals surface area (Å²) in [5.74, 6) is 0.0747. The molecule has 1 heterocycles. The third-order valence-corrected chi connectivity index (χ3v) is 3.30. The fourth-order valence-corrected chi connectivity index (χ4v) is 2.27. The number of amides is 1. The van der Waals surface area contributed by atoms with Crippen LogP contribution in [0.3, 0.4) is 0 Å². The molecule has 0 radical (unpaired) electrons. The van der Waals surface area contributed by atoms with Gasteiger partial charge in [-0.2, -0.15) is 5.10 Å². The van der Waals surface area contributed by atoms with Gasteiger partial charge >= 0.3 is 0 Å². The van der Waals surface area contributed by atoms with Crippen LogP contribution in [-0.2, 0) is 4.79 Å². The van der Waals surface area contributed by atoms with Crippen LogP contribution in [0.5, 0.6) is 5.75 Å². The molecule has 1 aromatic rings. The summed E-state index contributed by atoms with van der Waals surface area (Å²) in [5, 5.41) is 13.4. The second-order valence-corrected chi connectivity index (χ2v) is 4.84. The molecule has 1 amide bonds. The van der Waals surface area contributed by atoms with Crippen molar-refractivity contribution in [2.45, 2.75) is 19.3 Å². The number of quaternary nitrogens is 1. The maximum Gasteiger partial charge on any atom is 0.295 e. The second-order valence-electron chi connectivity index (χ2n) is 4.84. The van der Waals surface area contributed by atoms with Crippen molar-refractivity contribution in [1.29, 1.82) is 0 Å². The molecule has 1 aromatic carbocycles. The van der Waals surface area contributed by atoms with Gasteiger partial charge < -0.3 is 10.0 Å². The van der Waals surface area contributed by atoms with E-state index in [4.69, 9.17) is 0 Å². The van der Waals surface area contributed by atoms with Crippen LogP contribution in [0.2, 0.25) is 0 Å². The van der Waals surface area contributed by atoms with Crippen molar-refractivity contribution in [2.75, 3.05) is 19.6 Å². The predicted molar refractivity (Wildman–Crippen MR) is 73.3 cm³/mol. The number of nitrogens with one attached hydrogen (secondary N) is 2. The molecule has 1 aliphatic rings. The summed E-state index contributed by atoms with van der Waals surface area (Å²) >= 11 is 0. The molecule has 0 aliphatic carbocycles. The zero-order valence-electron chi connectivity index (χ0n) is 10.9. The van der Waals surface area contributed by atoms with Crippen LogP contribution in [0.4, 0.5) is 0 Å². The molecule has 5 heteroatoms. The Balaban J connectivity index is 1.78. The quantitative estimate of drug-likeness (QED) is 0.524. The number of carbonyl (C=O) groups is 1. The number of piperidine rings is 1. The number of hydrogen-bond donors (Lipinski definition) is 3. The fourth-order valence-electron chi connectivity index (χ4n) is 2.27. The van der Waals surface area contributed by atoms with E-state index in [2.05, 4.69) is 10.5 Å². The largest absolute Gasteiger partial charge is 0.507 e. The van der Waals surface area contributed by atoms with Gasteiger partial charge in [0.15, 0.2) is 6.54 Å². The van der Waals surface area contributed by atoms with E-state index in [1.54, 1.807) is 24.3 Å². The Bertz CT molecular complexity index is 454. The van der Waals surface area contributed by atoms with Crippen LogP contribution >= 0.6 is 0 Å². The highest BCUT2D eigenvalue weighted by Gasteiger charge is 2.16. The molecule has 0 bridgehead atoms. The van der Waals surface area contributed by atoms with E-state index >= 15 is 0 Å². The summed E-state index contributed by atoms with van der Waals surface area (Å²) in [5.41, 5.74) is 3.10. The highest BCUT2D eigenvalue weighted by molar-refractivity contribution is 5.85. The van der Waals surface area contributed by atoms with E-state index in [1.807, 2.05) is 0 Å². The van der Waals surface area contributed by atoms with Gasteiger partial charge in [0.2, 0.25) is 0 Å². The molecule has 1 saturated heterocycles. The molecule has 5 nitrogen and oxygen atoms in total.